The summed E-state index contributed by atoms with van der Waals surface area (Å²) in [5.41, 5.74) is 0. The lowest BCUT2D eigenvalue weighted by Gasteiger charge is -2.24. The lowest BCUT2D eigenvalue weighted by Crippen LogP contribution is -2.46. The van der Waals surface area contributed by atoms with Crippen LogP contribution in [0.5, 0.6) is 0 Å². The van der Waals surface area contributed by atoms with Crippen molar-refractivity contribution in [2.45, 2.75) is 56.8 Å². The van der Waals surface area contributed by atoms with Gasteiger partial charge in [0, 0.05) is 6.04 Å². The molecule has 1 amide bonds. The van der Waals surface area contributed by atoms with Crippen molar-refractivity contribution in [3.8, 4) is 0 Å². The minimum Gasteiger partial charge on any atom is -0.481 e. The summed E-state index contributed by atoms with van der Waals surface area (Å²) < 4.78 is 5.54. The quantitative estimate of drug-likeness (QED) is 0.606. The van der Waals surface area contributed by atoms with Crippen LogP contribution in [0.4, 0.5) is 0 Å². The Kier molecular flexibility index (Phi) is 3.78. The van der Waals surface area contributed by atoms with Gasteiger partial charge in [0.1, 0.15) is 5.92 Å². The summed E-state index contributed by atoms with van der Waals surface area (Å²) in [6.07, 6.45) is 9.51. The molecule has 2 fully saturated rings. The van der Waals surface area contributed by atoms with Gasteiger partial charge in [-0.05, 0) is 12.8 Å². The van der Waals surface area contributed by atoms with E-state index >= 15 is 0 Å². The topological polar surface area (TPSA) is 75.6 Å². The summed E-state index contributed by atoms with van der Waals surface area (Å²) in [6, 6.07) is 0.197. The van der Waals surface area contributed by atoms with Gasteiger partial charge < -0.3 is 15.2 Å². The molecule has 2 N–H and O–H groups in total. The van der Waals surface area contributed by atoms with Crippen molar-refractivity contribution in [1.29, 1.82) is 0 Å². The van der Waals surface area contributed by atoms with E-state index in [1.54, 1.807) is 6.08 Å². The zero-order chi connectivity index (χ0) is 14.1. The van der Waals surface area contributed by atoms with Crippen LogP contribution in [0.2, 0.25) is 0 Å². The maximum Gasteiger partial charge on any atom is 0.310 e. The van der Waals surface area contributed by atoms with E-state index in [9.17, 15) is 14.7 Å². The molecule has 0 aromatic rings. The molecule has 1 aliphatic carbocycles. The van der Waals surface area contributed by atoms with Crippen molar-refractivity contribution in [2.24, 2.45) is 11.8 Å². The van der Waals surface area contributed by atoms with Crippen LogP contribution in [0, 0.1) is 11.8 Å². The lowest BCUT2D eigenvalue weighted by molar-refractivity contribution is -0.146. The molecule has 0 unspecified atom stereocenters. The number of fused-ring (bicyclic) bond motifs is 2. The first kappa shape index (κ1) is 13.6. The maximum absolute atomic E-state index is 12.4. The summed E-state index contributed by atoms with van der Waals surface area (Å²) in [5, 5.41) is 12.4. The van der Waals surface area contributed by atoms with E-state index in [0.29, 0.717) is 0 Å². The Balaban J connectivity index is 1.66. The second-order valence-corrected chi connectivity index (χ2v) is 6.04. The predicted octanol–water partition coefficient (Wildman–Crippen LogP) is 1.48. The molecule has 3 aliphatic rings. The van der Waals surface area contributed by atoms with Crippen molar-refractivity contribution in [2.75, 3.05) is 0 Å². The summed E-state index contributed by atoms with van der Waals surface area (Å²) in [4.78, 5) is 23.8. The first-order valence-electron chi connectivity index (χ1n) is 7.54. The zero-order valence-electron chi connectivity index (χ0n) is 11.5. The first-order valence-corrected chi connectivity index (χ1v) is 7.54. The first-order chi connectivity index (χ1) is 9.66. The van der Waals surface area contributed by atoms with E-state index < -0.39 is 23.9 Å². The Hall–Kier alpha value is -1.36. The van der Waals surface area contributed by atoms with Crippen LogP contribution in [0.25, 0.3) is 0 Å². The van der Waals surface area contributed by atoms with Crippen LogP contribution in [0.15, 0.2) is 12.2 Å². The van der Waals surface area contributed by atoms with E-state index in [-0.39, 0.29) is 18.1 Å². The van der Waals surface area contributed by atoms with Crippen molar-refractivity contribution in [1.82, 2.24) is 5.32 Å². The molecule has 5 nitrogen and oxygen atoms in total. The number of ether oxygens (including phenoxy) is 1. The largest absolute Gasteiger partial charge is 0.481 e. The highest BCUT2D eigenvalue weighted by molar-refractivity contribution is 5.87. The van der Waals surface area contributed by atoms with Crippen LogP contribution in [0.1, 0.15) is 38.5 Å². The number of nitrogens with one attached hydrogen (secondary N) is 1. The molecule has 0 spiro atoms. The SMILES string of the molecule is O=C(O)[C@@H]1[C@H](C(=O)NC2CCCCCC2)[C@@H]2C=C[C@@H]1O2. The Morgan fingerprint density at radius 2 is 1.60 bits per heavy atom. The fraction of sp³-hybridized carbons (Fsp3) is 0.733. The highest BCUT2D eigenvalue weighted by Crippen LogP contribution is 2.39. The molecule has 5 heteroatoms. The molecule has 0 radical (unpaired) electrons. The molecule has 4 atom stereocenters. The number of aliphatic carboxylic acids is 1. The Labute approximate surface area is 118 Å². The van der Waals surface area contributed by atoms with Gasteiger partial charge in [-0.15, -0.1) is 0 Å². The van der Waals surface area contributed by atoms with E-state index in [0.717, 1.165) is 25.7 Å². The van der Waals surface area contributed by atoms with Crippen LogP contribution < -0.4 is 5.32 Å². The molecule has 2 aliphatic heterocycles. The minimum absolute atomic E-state index is 0.152. The highest BCUT2D eigenvalue weighted by Gasteiger charge is 2.53. The minimum atomic E-state index is -0.942. The molecule has 1 saturated heterocycles. The van der Waals surface area contributed by atoms with Gasteiger partial charge in [0.15, 0.2) is 0 Å². The van der Waals surface area contributed by atoms with Crippen molar-refractivity contribution >= 4 is 11.9 Å². The van der Waals surface area contributed by atoms with Gasteiger partial charge in [-0.3, -0.25) is 9.59 Å². The molecule has 2 bridgehead atoms. The van der Waals surface area contributed by atoms with Gasteiger partial charge in [0.2, 0.25) is 5.91 Å². The maximum atomic E-state index is 12.4. The van der Waals surface area contributed by atoms with Gasteiger partial charge in [-0.2, -0.15) is 0 Å². The summed E-state index contributed by atoms with van der Waals surface area (Å²) in [5.74, 6) is -2.41. The average molecular weight is 279 g/mol. The van der Waals surface area contributed by atoms with Crippen molar-refractivity contribution in [3.63, 3.8) is 0 Å². The Morgan fingerprint density at radius 1 is 1.00 bits per heavy atom. The van der Waals surface area contributed by atoms with Gasteiger partial charge in [0.25, 0.3) is 0 Å². The van der Waals surface area contributed by atoms with E-state index in [2.05, 4.69) is 5.32 Å². The number of carboxylic acids is 1. The van der Waals surface area contributed by atoms with Gasteiger partial charge >= 0.3 is 5.97 Å². The Bertz CT molecular complexity index is 426. The zero-order valence-corrected chi connectivity index (χ0v) is 11.5. The molecule has 110 valence electrons. The lowest BCUT2D eigenvalue weighted by atomic mass is 9.82. The number of amides is 1. The fourth-order valence-corrected chi connectivity index (χ4v) is 3.64. The standard InChI is InChI=1S/C15H21NO4/c17-14(16-9-5-3-1-2-4-6-9)12-10-7-8-11(20-10)13(12)15(18)19/h7-13H,1-6H2,(H,16,17)(H,18,19)/t10-,11-,12+,13-/m0/s1. The normalized spacial score (nSPS) is 36.8. The fourth-order valence-electron chi connectivity index (χ4n) is 3.64. The molecular formula is C15H21NO4. The second-order valence-electron chi connectivity index (χ2n) is 6.04. The molecule has 3 rings (SSSR count). The molecular weight excluding hydrogens is 258 g/mol. The predicted molar refractivity (Wildman–Crippen MR) is 72.0 cm³/mol. The average Bonchev–Trinajstić information content (AvgIpc) is 2.93. The third-order valence-electron chi connectivity index (χ3n) is 4.69. The number of carbonyl (C=O) groups is 2. The van der Waals surface area contributed by atoms with Crippen LogP contribution in [-0.4, -0.2) is 35.2 Å². The van der Waals surface area contributed by atoms with Crippen LogP contribution in [-0.2, 0) is 14.3 Å². The second kappa shape index (κ2) is 5.56. The number of carboxylic acid groups (broad SMARTS) is 1. The van der Waals surface area contributed by atoms with Crippen molar-refractivity contribution in [3.05, 3.63) is 12.2 Å². The van der Waals surface area contributed by atoms with E-state index in [1.165, 1.54) is 12.8 Å². The summed E-state index contributed by atoms with van der Waals surface area (Å²) in [6.45, 7) is 0. The molecule has 2 heterocycles. The van der Waals surface area contributed by atoms with Gasteiger partial charge in [0.05, 0.1) is 18.1 Å². The number of hydrogen-bond acceptors (Lipinski definition) is 3. The van der Waals surface area contributed by atoms with Gasteiger partial charge in [-0.25, -0.2) is 0 Å². The monoisotopic (exact) mass is 279 g/mol. The molecule has 0 aromatic heterocycles. The highest BCUT2D eigenvalue weighted by atomic mass is 16.5. The van der Waals surface area contributed by atoms with E-state index in [4.69, 9.17) is 4.74 Å². The van der Waals surface area contributed by atoms with Gasteiger partial charge in [-0.1, -0.05) is 37.8 Å². The third-order valence-corrected chi connectivity index (χ3v) is 4.69. The number of hydrogen-bond donors (Lipinski definition) is 2. The van der Waals surface area contributed by atoms with Crippen molar-refractivity contribution < 1.29 is 19.4 Å². The smallest absolute Gasteiger partial charge is 0.310 e. The summed E-state index contributed by atoms with van der Waals surface area (Å²) in [7, 11) is 0. The third kappa shape index (κ3) is 2.46. The number of carbonyl (C=O) groups excluding carboxylic acids is 1. The van der Waals surface area contributed by atoms with Crippen LogP contribution in [0.3, 0.4) is 0 Å². The molecule has 0 aromatic carbocycles. The molecule has 1 saturated carbocycles. The summed E-state index contributed by atoms with van der Waals surface area (Å²) >= 11 is 0. The van der Waals surface area contributed by atoms with Crippen LogP contribution >= 0.6 is 0 Å². The Morgan fingerprint density at radius 3 is 2.20 bits per heavy atom. The molecule has 20 heavy (non-hydrogen) atoms. The van der Waals surface area contributed by atoms with E-state index in [1.807, 2.05) is 6.08 Å². The number of rotatable bonds is 3.